The fourth-order valence-corrected chi connectivity index (χ4v) is 3.13. The van der Waals surface area contributed by atoms with E-state index in [4.69, 9.17) is 5.26 Å². The van der Waals surface area contributed by atoms with Crippen molar-refractivity contribution in [3.05, 3.63) is 47.8 Å². The summed E-state index contributed by atoms with van der Waals surface area (Å²) < 4.78 is 1.87. The molecule has 21 heavy (non-hydrogen) atoms. The summed E-state index contributed by atoms with van der Waals surface area (Å²) in [5, 5.41) is 9.04. The lowest BCUT2D eigenvalue weighted by atomic mass is 10.0. The molecule has 2 aromatic rings. The van der Waals surface area contributed by atoms with Crippen molar-refractivity contribution in [2.24, 2.45) is 7.05 Å². The van der Waals surface area contributed by atoms with Crippen LogP contribution in [0.2, 0.25) is 0 Å². The van der Waals surface area contributed by atoms with E-state index in [2.05, 4.69) is 42.2 Å². The second-order valence-corrected chi connectivity index (χ2v) is 5.88. The van der Waals surface area contributed by atoms with E-state index < -0.39 is 0 Å². The third-order valence-corrected chi connectivity index (χ3v) is 4.53. The van der Waals surface area contributed by atoms with E-state index in [1.165, 1.54) is 37.1 Å². The predicted molar refractivity (Wildman–Crippen MR) is 84.8 cm³/mol. The monoisotopic (exact) mass is 279 g/mol. The first kappa shape index (κ1) is 13.9. The van der Waals surface area contributed by atoms with Crippen LogP contribution in [0.5, 0.6) is 0 Å². The topological polar surface area (TPSA) is 32.0 Å². The first-order chi connectivity index (χ1) is 10.2. The van der Waals surface area contributed by atoms with Gasteiger partial charge in [0, 0.05) is 24.8 Å². The molecule has 0 radical (unpaired) electrons. The molecular weight excluding hydrogens is 258 g/mol. The van der Waals surface area contributed by atoms with Gasteiger partial charge >= 0.3 is 0 Å². The minimum atomic E-state index is 0.493. The quantitative estimate of drug-likeness (QED) is 0.857. The predicted octanol–water partition coefficient (Wildman–Crippen LogP) is 3.72. The number of hydrogen-bond donors (Lipinski definition) is 0. The maximum absolute atomic E-state index is 9.04. The van der Waals surface area contributed by atoms with Crippen molar-refractivity contribution in [2.45, 2.75) is 25.8 Å². The Morgan fingerprint density at radius 2 is 1.76 bits per heavy atom. The van der Waals surface area contributed by atoms with Gasteiger partial charge in [0.25, 0.3) is 0 Å². The summed E-state index contributed by atoms with van der Waals surface area (Å²) in [6.45, 7) is 4.72. The molecule has 0 N–H and O–H groups in total. The smallest absolute Gasteiger partial charge is 0.120 e. The van der Waals surface area contributed by atoms with Crippen LogP contribution < -0.4 is 0 Å². The lowest BCUT2D eigenvalue weighted by Gasteiger charge is -2.24. The van der Waals surface area contributed by atoms with Crippen LogP contribution in [0.1, 0.15) is 37.1 Å². The van der Waals surface area contributed by atoms with Gasteiger partial charge in [-0.2, -0.15) is 5.26 Å². The molecule has 0 saturated carbocycles. The molecule has 1 atom stereocenters. The van der Waals surface area contributed by atoms with Gasteiger partial charge in [0.1, 0.15) is 11.8 Å². The normalized spacial score (nSPS) is 16.8. The number of likely N-dealkylation sites (tertiary alicyclic amines) is 1. The highest BCUT2D eigenvalue weighted by Gasteiger charge is 2.19. The van der Waals surface area contributed by atoms with Crippen LogP contribution in [-0.4, -0.2) is 22.6 Å². The fraction of sp³-hybridized carbons (Fsp3) is 0.389. The Balaban J connectivity index is 1.81. The number of benzene rings is 1. The molecule has 1 saturated heterocycles. The molecule has 1 aliphatic heterocycles. The zero-order valence-corrected chi connectivity index (χ0v) is 12.7. The Kier molecular flexibility index (Phi) is 3.81. The summed E-state index contributed by atoms with van der Waals surface area (Å²) in [5.74, 6) is 0. The molecule has 3 rings (SSSR count). The highest BCUT2D eigenvalue weighted by molar-refractivity contribution is 5.65. The molecule has 0 spiro atoms. The highest BCUT2D eigenvalue weighted by atomic mass is 15.2. The second kappa shape index (κ2) is 5.75. The average Bonchev–Trinajstić information content (AvgIpc) is 3.16. The van der Waals surface area contributed by atoms with Crippen molar-refractivity contribution in [1.29, 1.82) is 5.26 Å². The molecule has 0 bridgehead atoms. The van der Waals surface area contributed by atoms with Crippen molar-refractivity contribution in [3.63, 3.8) is 0 Å². The Bertz CT molecular complexity index is 655. The van der Waals surface area contributed by atoms with Crippen LogP contribution in [-0.2, 0) is 7.05 Å². The van der Waals surface area contributed by atoms with Gasteiger partial charge in [-0.3, -0.25) is 4.90 Å². The number of aryl methyl sites for hydroxylation is 1. The maximum Gasteiger partial charge on any atom is 0.120 e. The number of hydrogen-bond acceptors (Lipinski definition) is 2. The molecule has 2 heterocycles. The van der Waals surface area contributed by atoms with Gasteiger partial charge < -0.3 is 4.57 Å². The van der Waals surface area contributed by atoms with Crippen molar-refractivity contribution in [3.8, 4) is 17.2 Å². The fourth-order valence-electron chi connectivity index (χ4n) is 3.13. The SMILES string of the molecule is C[C@@H](c1ccc(-c2cc(C#N)n(C)c2)cc1)N1CCCC1. The summed E-state index contributed by atoms with van der Waals surface area (Å²) >= 11 is 0. The number of nitriles is 1. The number of nitrogens with zero attached hydrogens (tertiary/aromatic N) is 3. The summed E-state index contributed by atoms with van der Waals surface area (Å²) in [5.41, 5.74) is 4.34. The molecular formula is C18H21N3. The summed E-state index contributed by atoms with van der Waals surface area (Å²) in [7, 11) is 1.91. The average molecular weight is 279 g/mol. The molecule has 1 aromatic heterocycles. The molecule has 108 valence electrons. The largest absolute Gasteiger partial charge is 0.342 e. The zero-order valence-electron chi connectivity index (χ0n) is 12.7. The molecule has 0 aliphatic carbocycles. The van der Waals surface area contributed by atoms with Crippen LogP contribution >= 0.6 is 0 Å². The van der Waals surface area contributed by atoms with Crippen molar-refractivity contribution < 1.29 is 0 Å². The molecule has 0 amide bonds. The van der Waals surface area contributed by atoms with E-state index in [1.807, 2.05) is 23.9 Å². The Hall–Kier alpha value is -2.05. The Labute approximate surface area is 126 Å². The van der Waals surface area contributed by atoms with Crippen LogP contribution in [0.3, 0.4) is 0 Å². The lowest BCUT2D eigenvalue weighted by molar-refractivity contribution is 0.263. The third-order valence-electron chi connectivity index (χ3n) is 4.53. The highest BCUT2D eigenvalue weighted by Crippen LogP contribution is 2.27. The second-order valence-electron chi connectivity index (χ2n) is 5.88. The molecule has 1 aromatic carbocycles. The Morgan fingerprint density at radius 3 is 2.33 bits per heavy atom. The van der Waals surface area contributed by atoms with Gasteiger partial charge in [0.2, 0.25) is 0 Å². The first-order valence-electron chi connectivity index (χ1n) is 7.60. The first-order valence-corrected chi connectivity index (χ1v) is 7.60. The van der Waals surface area contributed by atoms with Gasteiger partial charge in [-0.05, 0) is 50.0 Å². The number of rotatable bonds is 3. The lowest BCUT2D eigenvalue weighted by Crippen LogP contribution is -2.23. The van der Waals surface area contributed by atoms with Crippen molar-refractivity contribution in [2.75, 3.05) is 13.1 Å². The van der Waals surface area contributed by atoms with Crippen LogP contribution in [0, 0.1) is 11.3 Å². The van der Waals surface area contributed by atoms with E-state index in [9.17, 15) is 0 Å². The van der Waals surface area contributed by atoms with Gasteiger partial charge in [-0.25, -0.2) is 0 Å². The maximum atomic E-state index is 9.04. The molecule has 1 fully saturated rings. The summed E-state index contributed by atoms with van der Waals surface area (Å²) in [4.78, 5) is 2.55. The molecule has 3 heteroatoms. The van der Waals surface area contributed by atoms with Gasteiger partial charge in [0.15, 0.2) is 0 Å². The summed E-state index contributed by atoms with van der Waals surface area (Å²) in [6, 6.07) is 13.4. The number of aromatic nitrogens is 1. The minimum absolute atomic E-state index is 0.493. The van der Waals surface area contributed by atoms with Crippen molar-refractivity contribution >= 4 is 0 Å². The molecule has 3 nitrogen and oxygen atoms in total. The van der Waals surface area contributed by atoms with E-state index >= 15 is 0 Å². The van der Waals surface area contributed by atoms with E-state index in [1.54, 1.807) is 0 Å². The van der Waals surface area contributed by atoms with Crippen molar-refractivity contribution in [1.82, 2.24) is 9.47 Å². The summed E-state index contributed by atoms with van der Waals surface area (Å²) in [6.07, 6.45) is 4.66. The van der Waals surface area contributed by atoms with E-state index in [-0.39, 0.29) is 0 Å². The zero-order chi connectivity index (χ0) is 14.8. The van der Waals surface area contributed by atoms with Gasteiger partial charge in [-0.15, -0.1) is 0 Å². The van der Waals surface area contributed by atoms with Gasteiger partial charge in [-0.1, -0.05) is 24.3 Å². The minimum Gasteiger partial charge on any atom is -0.342 e. The van der Waals surface area contributed by atoms with E-state index in [0.717, 1.165) is 5.56 Å². The van der Waals surface area contributed by atoms with Crippen LogP contribution in [0.4, 0.5) is 0 Å². The molecule has 1 aliphatic rings. The third kappa shape index (κ3) is 2.72. The van der Waals surface area contributed by atoms with Crippen LogP contribution in [0.15, 0.2) is 36.5 Å². The molecule has 0 unspecified atom stereocenters. The van der Waals surface area contributed by atoms with E-state index in [0.29, 0.717) is 11.7 Å². The van der Waals surface area contributed by atoms with Crippen LogP contribution in [0.25, 0.3) is 11.1 Å². The van der Waals surface area contributed by atoms with Gasteiger partial charge in [0.05, 0.1) is 0 Å². The Morgan fingerprint density at radius 1 is 1.10 bits per heavy atom. The standard InChI is InChI=1S/C18H21N3/c1-14(21-9-3-4-10-21)15-5-7-16(8-6-15)17-11-18(12-19)20(2)13-17/h5-8,11,13-14H,3-4,9-10H2,1-2H3/t14-/m0/s1.